The molecule has 0 saturated carbocycles. The first-order valence-corrected chi connectivity index (χ1v) is 5.89. The number of ether oxygens (including phenoxy) is 2. The van der Waals surface area contributed by atoms with Crippen LogP contribution in [0.15, 0.2) is 12.3 Å². The van der Waals surface area contributed by atoms with Crippen LogP contribution < -0.4 is 4.90 Å². The topological polar surface area (TPSA) is 58.4 Å². The first-order chi connectivity index (χ1) is 8.74. The molecule has 0 spiro atoms. The van der Waals surface area contributed by atoms with Gasteiger partial charge in [-0.3, -0.25) is 0 Å². The summed E-state index contributed by atoms with van der Waals surface area (Å²) >= 11 is 6.15. The largest absolute Gasteiger partial charge is 0.383 e. The molecule has 0 aliphatic heterocycles. The molecule has 0 aliphatic carbocycles. The summed E-state index contributed by atoms with van der Waals surface area (Å²) < 4.78 is 10.1. The van der Waals surface area contributed by atoms with Gasteiger partial charge in [-0.1, -0.05) is 11.6 Å². The minimum atomic E-state index is 0.368. The molecule has 1 aromatic heterocycles. The van der Waals surface area contributed by atoms with E-state index >= 15 is 0 Å². The van der Waals surface area contributed by atoms with Crippen molar-refractivity contribution in [2.75, 3.05) is 45.4 Å². The average Bonchev–Trinajstić information content (AvgIpc) is 2.40. The Morgan fingerprint density at radius 1 is 1.33 bits per heavy atom. The quantitative estimate of drug-likeness (QED) is 0.754. The number of methoxy groups -OCH3 is 2. The van der Waals surface area contributed by atoms with Gasteiger partial charge in [0.15, 0.2) is 0 Å². The molecule has 0 unspecified atom stereocenters. The smallest absolute Gasteiger partial charge is 0.148 e. The zero-order chi connectivity index (χ0) is 13.4. The van der Waals surface area contributed by atoms with Crippen molar-refractivity contribution in [3.8, 4) is 6.07 Å². The zero-order valence-electron chi connectivity index (χ0n) is 10.5. The van der Waals surface area contributed by atoms with Crippen LogP contribution in [0.3, 0.4) is 0 Å². The highest BCUT2D eigenvalue weighted by Gasteiger charge is 2.14. The molecule has 0 radical (unpaired) electrons. The molecule has 1 rings (SSSR count). The predicted octanol–water partition coefficient (Wildman–Crippen LogP) is 1.71. The highest BCUT2D eigenvalue weighted by Crippen LogP contribution is 2.26. The van der Waals surface area contributed by atoms with Gasteiger partial charge in [0.1, 0.15) is 16.9 Å². The summed E-state index contributed by atoms with van der Waals surface area (Å²) in [5.74, 6) is 0.588. The highest BCUT2D eigenvalue weighted by molar-refractivity contribution is 6.34. The standard InChI is InChI=1S/C12H16ClN3O2/c1-17-7-5-16(6-8-18-2)12-11(13)10(9-14)3-4-15-12/h3-4H,5-8H2,1-2H3. The van der Waals surface area contributed by atoms with Crippen molar-refractivity contribution >= 4 is 17.4 Å². The van der Waals surface area contributed by atoms with Crippen molar-refractivity contribution in [3.05, 3.63) is 22.8 Å². The Morgan fingerprint density at radius 2 is 1.94 bits per heavy atom. The SMILES string of the molecule is COCCN(CCOC)c1nccc(C#N)c1Cl. The molecule has 5 nitrogen and oxygen atoms in total. The Balaban J connectivity index is 2.93. The Hall–Kier alpha value is -1.35. The van der Waals surface area contributed by atoms with Crippen LogP contribution in [0.4, 0.5) is 5.82 Å². The number of hydrogen-bond acceptors (Lipinski definition) is 5. The number of hydrogen-bond donors (Lipinski definition) is 0. The summed E-state index contributed by atoms with van der Waals surface area (Å²) in [6, 6.07) is 3.64. The summed E-state index contributed by atoms with van der Waals surface area (Å²) in [5, 5.41) is 9.31. The third-order valence-electron chi connectivity index (χ3n) is 2.42. The number of rotatable bonds is 7. The number of nitriles is 1. The monoisotopic (exact) mass is 269 g/mol. The van der Waals surface area contributed by atoms with Gasteiger partial charge >= 0.3 is 0 Å². The molecule has 0 N–H and O–H groups in total. The maximum atomic E-state index is 8.95. The average molecular weight is 270 g/mol. The summed E-state index contributed by atoms with van der Waals surface area (Å²) in [6.45, 7) is 2.39. The molecule has 0 aromatic carbocycles. The van der Waals surface area contributed by atoms with Crippen LogP contribution in [0, 0.1) is 11.3 Å². The molecule has 6 heteroatoms. The number of aromatic nitrogens is 1. The second-order valence-corrected chi connectivity index (χ2v) is 3.96. The fourth-order valence-electron chi connectivity index (χ4n) is 1.47. The molecule has 0 fully saturated rings. The van der Waals surface area contributed by atoms with Gasteiger partial charge in [-0.2, -0.15) is 5.26 Å². The maximum absolute atomic E-state index is 8.95. The Labute approximate surface area is 112 Å². The van der Waals surface area contributed by atoms with E-state index in [1.165, 1.54) is 0 Å². The van der Waals surface area contributed by atoms with E-state index in [4.69, 9.17) is 26.3 Å². The van der Waals surface area contributed by atoms with Crippen molar-refractivity contribution in [2.24, 2.45) is 0 Å². The van der Waals surface area contributed by atoms with Crippen LogP contribution in [-0.4, -0.2) is 45.5 Å². The van der Waals surface area contributed by atoms with Crippen molar-refractivity contribution in [3.63, 3.8) is 0 Å². The first kappa shape index (κ1) is 14.7. The van der Waals surface area contributed by atoms with E-state index in [0.29, 0.717) is 42.7 Å². The summed E-state index contributed by atoms with van der Waals surface area (Å²) in [5.41, 5.74) is 0.418. The van der Waals surface area contributed by atoms with Gasteiger partial charge in [0, 0.05) is 33.5 Å². The number of anilines is 1. The Bertz CT molecular complexity index is 412. The number of halogens is 1. The molecule has 0 atom stereocenters. The van der Waals surface area contributed by atoms with Gasteiger partial charge < -0.3 is 14.4 Å². The summed E-state index contributed by atoms with van der Waals surface area (Å²) in [6.07, 6.45) is 1.58. The van der Waals surface area contributed by atoms with Gasteiger partial charge in [0.25, 0.3) is 0 Å². The molecular weight excluding hydrogens is 254 g/mol. The van der Waals surface area contributed by atoms with E-state index in [0.717, 1.165) is 0 Å². The van der Waals surface area contributed by atoms with E-state index in [1.54, 1.807) is 26.5 Å². The lowest BCUT2D eigenvalue weighted by Gasteiger charge is -2.24. The molecular formula is C12H16ClN3O2. The molecule has 98 valence electrons. The third kappa shape index (κ3) is 3.84. The lowest BCUT2D eigenvalue weighted by atomic mass is 10.2. The molecule has 0 saturated heterocycles. The van der Waals surface area contributed by atoms with Gasteiger partial charge in [-0.15, -0.1) is 0 Å². The van der Waals surface area contributed by atoms with E-state index in [-0.39, 0.29) is 0 Å². The molecule has 0 amide bonds. The zero-order valence-corrected chi connectivity index (χ0v) is 11.3. The van der Waals surface area contributed by atoms with Crippen molar-refractivity contribution < 1.29 is 9.47 Å². The molecule has 0 aliphatic rings. The van der Waals surface area contributed by atoms with Crippen LogP contribution in [0.1, 0.15) is 5.56 Å². The maximum Gasteiger partial charge on any atom is 0.148 e. The van der Waals surface area contributed by atoms with E-state index in [9.17, 15) is 0 Å². The molecule has 0 bridgehead atoms. The van der Waals surface area contributed by atoms with Crippen LogP contribution in [0.25, 0.3) is 0 Å². The predicted molar refractivity (Wildman–Crippen MR) is 69.9 cm³/mol. The Morgan fingerprint density at radius 3 is 2.44 bits per heavy atom. The van der Waals surface area contributed by atoms with Crippen molar-refractivity contribution in [2.45, 2.75) is 0 Å². The van der Waals surface area contributed by atoms with E-state index in [2.05, 4.69) is 4.98 Å². The van der Waals surface area contributed by atoms with E-state index < -0.39 is 0 Å². The normalized spacial score (nSPS) is 10.1. The first-order valence-electron chi connectivity index (χ1n) is 5.52. The lowest BCUT2D eigenvalue weighted by Crippen LogP contribution is -2.31. The number of nitrogens with zero attached hydrogens (tertiary/aromatic N) is 3. The van der Waals surface area contributed by atoms with Gasteiger partial charge in [-0.25, -0.2) is 4.98 Å². The molecule has 18 heavy (non-hydrogen) atoms. The van der Waals surface area contributed by atoms with Gasteiger partial charge in [0.2, 0.25) is 0 Å². The van der Waals surface area contributed by atoms with Crippen LogP contribution in [0.5, 0.6) is 0 Å². The van der Waals surface area contributed by atoms with Crippen molar-refractivity contribution in [1.82, 2.24) is 4.98 Å². The molecule has 1 heterocycles. The van der Waals surface area contributed by atoms with Crippen molar-refractivity contribution in [1.29, 1.82) is 5.26 Å². The van der Waals surface area contributed by atoms with E-state index in [1.807, 2.05) is 11.0 Å². The van der Waals surface area contributed by atoms with Gasteiger partial charge in [-0.05, 0) is 6.07 Å². The van der Waals surface area contributed by atoms with Crippen LogP contribution >= 0.6 is 11.6 Å². The fraction of sp³-hybridized carbons (Fsp3) is 0.500. The second-order valence-electron chi connectivity index (χ2n) is 3.58. The number of pyridine rings is 1. The highest BCUT2D eigenvalue weighted by atomic mass is 35.5. The fourth-order valence-corrected chi connectivity index (χ4v) is 1.74. The second kappa shape index (κ2) is 7.88. The minimum Gasteiger partial charge on any atom is -0.383 e. The summed E-state index contributed by atoms with van der Waals surface area (Å²) in [4.78, 5) is 6.17. The lowest BCUT2D eigenvalue weighted by molar-refractivity contribution is 0.190. The summed E-state index contributed by atoms with van der Waals surface area (Å²) in [7, 11) is 3.27. The Kier molecular flexibility index (Phi) is 6.44. The van der Waals surface area contributed by atoms with Gasteiger partial charge in [0.05, 0.1) is 18.8 Å². The third-order valence-corrected chi connectivity index (χ3v) is 2.79. The molecule has 1 aromatic rings. The van der Waals surface area contributed by atoms with Crippen LogP contribution in [-0.2, 0) is 9.47 Å². The minimum absolute atomic E-state index is 0.368. The van der Waals surface area contributed by atoms with Crippen LogP contribution in [0.2, 0.25) is 5.02 Å².